The van der Waals surface area contributed by atoms with Crippen LogP contribution in [0.1, 0.15) is 25.0 Å². The number of benzene rings is 2. The molecular formula is C23H22ClF3N4O3. The number of alkyl halides is 3. The Labute approximate surface area is 198 Å². The Morgan fingerprint density at radius 2 is 1.88 bits per heavy atom. The minimum Gasteiger partial charge on any atom is -0.361 e. The zero-order valence-electron chi connectivity index (χ0n) is 18.6. The smallest absolute Gasteiger partial charge is 0.361 e. The van der Waals surface area contributed by atoms with Gasteiger partial charge < -0.3 is 10.1 Å². The molecule has 7 nitrogen and oxygen atoms in total. The zero-order valence-corrected chi connectivity index (χ0v) is 19.3. The number of carbonyl (C=O) groups is 1. The van der Waals surface area contributed by atoms with Gasteiger partial charge in [-0.2, -0.15) is 18.2 Å². The predicted molar refractivity (Wildman–Crippen MR) is 121 cm³/mol. The molecule has 0 aliphatic carbocycles. The number of hydrogen-bond acceptors (Lipinski definition) is 5. The number of nitrogens with zero attached hydrogens (tertiary/aromatic N) is 2. The van der Waals surface area contributed by atoms with Crippen molar-refractivity contribution in [2.45, 2.75) is 38.6 Å². The largest absolute Gasteiger partial charge is 0.426 e. The maximum Gasteiger partial charge on any atom is 0.426 e. The summed E-state index contributed by atoms with van der Waals surface area (Å²) in [5.74, 6) is -1.01. The van der Waals surface area contributed by atoms with Gasteiger partial charge in [-0.25, -0.2) is 9.78 Å². The van der Waals surface area contributed by atoms with Crippen LogP contribution in [0.2, 0.25) is 5.02 Å². The second-order valence-corrected chi connectivity index (χ2v) is 8.02. The van der Waals surface area contributed by atoms with Crippen molar-refractivity contribution in [3.8, 4) is 22.8 Å². The lowest BCUT2D eigenvalue weighted by molar-refractivity contribution is -0.253. The van der Waals surface area contributed by atoms with Gasteiger partial charge in [-0.15, -0.1) is 0 Å². The molecule has 0 bridgehead atoms. The number of aromatic nitrogens is 3. The standard InChI is InChI=1S/C23H22ClF3N4O3/c1-4-13-6-5-7-15(10-13)18-29-19(31-21(33)30-18)16-11-14(8-9-17(16)24)12-28-20(32)22(2,34-3)23(25,26)27/h5-11H,4,12H2,1-3H3,(H,28,32)(H,29,30,31,33)/t22-/m1/s1. The summed E-state index contributed by atoms with van der Waals surface area (Å²) in [5.41, 5.74) is -1.19. The van der Waals surface area contributed by atoms with E-state index in [9.17, 15) is 22.8 Å². The number of methoxy groups -OCH3 is 1. The Hall–Kier alpha value is -3.24. The molecule has 0 spiro atoms. The van der Waals surface area contributed by atoms with E-state index in [1.165, 1.54) is 18.2 Å². The lowest BCUT2D eigenvalue weighted by atomic mass is 10.0. The van der Waals surface area contributed by atoms with Crippen molar-refractivity contribution in [1.82, 2.24) is 20.3 Å². The number of H-pyrrole nitrogens is 1. The van der Waals surface area contributed by atoms with Gasteiger partial charge in [-0.3, -0.25) is 9.78 Å². The molecule has 0 saturated heterocycles. The van der Waals surface area contributed by atoms with Crippen molar-refractivity contribution in [2.75, 3.05) is 7.11 Å². The van der Waals surface area contributed by atoms with Crippen molar-refractivity contribution >= 4 is 17.5 Å². The van der Waals surface area contributed by atoms with Crippen LogP contribution in [0.5, 0.6) is 0 Å². The van der Waals surface area contributed by atoms with Crippen LogP contribution < -0.4 is 11.0 Å². The fraction of sp³-hybridized carbons (Fsp3) is 0.304. The van der Waals surface area contributed by atoms with Crippen LogP contribution in [-0.2, 0) is 22.5 Å². The molecule has 1 aromatic heterocycles. The lowest BCUT2D eigenvalue weighted by Gasteiger charge is -2.29. The minimum atomic E-state index is -4.90. The molecule has 1 heterocycles. The molecule has 3 rings (SSSR count). The number of ether oxygens (including phenoxy) is 1. The summed E-state index contributed by atoms with van der Waals surface area (Å²) in [5, 5.41) is 2.47. The third-order valence-corrected chi connectivity index (χ3v) is 5.69. The molecule has 1 atom stereocenters. The van der Waals surface area contributed by atoms with Crippen molar-refractivity contribution < 1.29 is 22.7 Å². The van der Waals surface area contributed by atoms with E-state index in [0.717, 1.165) is 19.1 Å². The summed E-state index contributed by atoms with van der Waals surface area (Å²) in [6.45, 7) is 2.41. The Balaban J connectivity index is 1.92. The Morgan fingerprint density at radius 3 is 2.53 bits per heavy atom. The molecule has 180 valence electrons. The summed E-state index contributed by atoms with van der Waals surface area (Å²) >= 11 is 6.31. The minimum absolute atomic E-state index is 0.132. The highest BCUT2D eigenvalue weighted by molar-refractivity contribution is 6.33. The van der Waals surface area contributed by atoms with Gasteiger partial charge in [0.15, 0.2) is 5.82 Å². The third kappa shape index (κ3) is 5.28. The second-order valence-electron chi connectivity index (χ2n) is 7.61. The Bertz CT molecular complexity index is 1260. The highest BCUT2D eigenvalue weighted by Gasteiger charge is 2.57. The number of hydrogen-bond donors (Lipinski definition) is 2. The summed E-state index contributed by atoms with van der Waals surface area (Å²) in [7, 11) is 0.812. The van der Waals surface area contributed by atoms with Gasteiger partial charge >= 0.3 is 11.9 Å². The van der Waals surface area contributed by atoms with Crippen molar-refractivity contribution in [3.05, 3.63) is 69.1 Å². The first-order chi connectivity index (χ1) is 16.0. The molecule has 0 saturated carbocycles. The fourth-order valence-corrected chi connectivity index (χ4v) is 3.33. The number of aromatic amines is 1. The molecule has 0 fully saturated rings. The lowest BCUT2D eigenvalue weighted by Crippen LogP contribution is -2.55. The molecule has 3 aromatic rings. The maximum absolute atomic E-state index is 13.2. The maximum atomic E-state index is 13.2. The number of carbonyl (C=O) groups excluding carboxylic acids is 1. The first kappa shape index (κ1) is 25.4. The highest BCUT2D eigenvalue weighted by atomic mass is 35.5. The Morgan fingerprint density at radius 1 is 1.15 bits per heavy atom. The first-order valence-electron chi connectivity index (χ1n) is 10.2. The number of halogens is 4. The molecule has 2 N–H and O–H groups in total. The summed E-state index contributed by atoms with van der Waals surface area (Å²) < 4.78 is 44.1. The van der Waals surface area contributed by atoms with Crippen molar-refractivity contribution in [1.29, 1.82) is 0 Å². The van der Waals surface area contributed by atoms with Crippen molar-refractivity contribution in [3.63, 3.8) is 0 Å². The molecule has 34 heavy (non-hydrogen) atoms. The monoisotopic (exact) mass is 494 g/mol. The van der Waals surface area contributed by atoms with E-state index in [4.69, 9.17) is 11.6 Å². The van der Waals surface area contributed by atoms with Gasteiger partial charge in [0.05, 0.1) is 5.02 Å². The van der Waals surface area contributed by atoms with E-state index < -0.39 is 23.4 Å². The van der Waals surface area contributed by atoms with Gasteiger partial charge in [-0.1, -0.05) is 42.8 Å². The van der Waals surface area contributed by atoms with E-state index in [1.807, 2.05) is 25.1 Å². The second kappa shape index (κ2) is 9.94. The van der Waals surface area contributed by atoms with E-state index in [0.29, 0.717) is 23.6 Å². The van der Waals surface area contributed by atoms with Crippen LogP contribution in [0, 0.1) is 0 Å². The molecular weight excluding hydrogens is 473 g/mol. The van der Waals surface area contributed by atoms with Gasteiger partial charge in [-0.05, 0) is 42.7 Å². The molecule has 0 aliphatic rings. The average Bonchev–Trinajstić information content (AvgIpc) is 2.81. The Kier molecular flexibility index (Phi) is 7.42. The van der Waals surface area contributed by atoms with E-state index in [2.05, 4.69) is 25.0 Å². The van der Waals surface area contributed by atoms with Gasteiger partial charge in [0.25, 0.3) is 5.91 Å². The predicted octanol–water partition coefficient (Wildman–Crippen LogP) is 4.30. The zero-order chi connectivity index (χ0) is 25.1. The number of nitrogens with one attached hydrogen (secondary N) is 2. The van der Waals surface area contributed by atoms with E-state index >= 15 is 0 Å². The SMILES string of the molecule is CCc1cccc(-c2nc(-c3cc(CNC(=O)[C@@](C)(OC)C(F)(F)F)ccc3Cl)[nH]c(=O)n2)c1. The quantitative estimate of drug-likeness (QED) is 0.510. The van der Waals surface area contributed by atoms with E-state index in [-0.39, 0.29) is 23.2 Å². The van der Waals surface area contributed by atoms with Crippen LogP contribution in [0.25, 0.3) is 22.8 Å². The summed E-state index contributed by atoms with van der Waals surface area (Å²) in [4.78, 5) is 35.3. The normalized spacial score (nSPS) is 13.4. The molecule has 11 heteroatoms. The highest BCUT2D eigenvalue weighted by Crippen LogP contribution is 2.33. The molecule has 0 unspecified atom stereocenters. The third-order valence-electron chi connectivity index (χ3n) is 5.37. The van der Waals surface area contributed by atoms with Gasteiger partial charge in [0.1, 0.15) is 5.82 Å². The topological polar surface area (TPSA) is 97.0 Å². The van der Waals surface area contributed by atoms with Gasteiger partial charge in [0.2, 0.25) is 5.60 Å². The summed E-state index contributed by atoms with van der Waals surface area (Å²) in [6, 6.07) is 12.0. The van der Waals surface area contributed by atoms with Crippen LogP contribution in [0.4, 0.5) is 13.2 Å². The fourth-order valence-electron chi connectivity index (χ4n) is 3.12. The van der Waals surface area contributed by atoms with Crippen LogP contribution in [-0.4, -0.2) is 39.7 Å². The number of amides is 1. The van der Waals surface area contributed by atoms with Gasteiger partial charge in [0, 0.05) is 24.8 Å². The number of aryl methyl sites for hydroxylation is 1. The van der Waals surface area contributed by atoms with E-state index in [1.54, 1.807) is 6.07 Å². The average molecular weight is 495 g/mol. The van der Waals surface area contributed by atoms with Crippen LogP contribution in [0.15, 0.2) is 47.3 Å². The first-order valence-corrected chi connectivity index (χ1v) is 10.6. The molecule has 1 amide bonds. The summed E-state index contributed by atoms with van der Waals surface area (Å²) in [6.07, 6.45) is -4.11. The molecule has 0 aliphatic heterocycles. The molecule has 2 aromatic carbocycles. The van der Waals surface area contributed by atoms with Crippen molar-refractivity contribution in [2.24, 2.45) is 0 Å². The van der Waals surface area contributed by atoms with Crippen LogP contribution in [0.3, 0.4) is 0 Å². The van der Waals surface area contributed by atoms with Crippen LogP contribution >= 0.6 is 11.6 Å². The molecule has 0 radical (unpaired) electrons. The number of rotatable bonds is 7.